The molecule has 0 bridgehead atoms. The second kappa shape index (κ2) is 7.99. The normalized spacial score (nSPS) is 15.5. The minimum Gasteiger partial charge on any atom is -0.448 e. The number of aromatic nitrogens is 6. The minimum absolute atomic E-state index is 0.104. The second-order valence-electron chi connectivity index (χ2n) is 8.12. The molecule has 1 saturated heterocycles. The molecular weight excluding hydrogens is 394 g/mol. The number of oxazole rings is 1. The van der Waals surface area contributed by atoms with Crippen molar-refractivity contribution in [1.29, 1.82) is 0 Å². The summed E-state index contributed by atoms with van der Waals surface area (Å²) in [5, 5.41) is 8.99. The number of aryl methyl sites for hydroxylation is 1. The number of ketones is 1. The number of likely N-dealkylation sites (tertiary alicyclic amines) is 1. The fourth-order valence-corrected chi connectivity index (χ4v) is 3.91. The average Bonchev–Trinajstić information content (AvgIpc) is 3.43. The molecule has 1 aliphatic heterocycles. The lowest BCUT2D eigenvalue weighted by Gasteiger charge is -2.26. The number of carbonyl (C=O) groups is 1. The Hall–Kier alpha value is -3.46. The Morgan fingerprint density at radius 3 is 2.77 bits per heavy atom. The molecule has 4 aromatic rings. The first-order valence-corrected chi connectivity index (χ1v) is 10.3. The van der Waals surface area contributed by atoms with E-state index in [1.807, 2.05) is 25.4 Å². The third kappa shape index (κ3) is 4.09. The summed E-state index contributed by atoms with van der Waals surface area (Å²) < 4.78 is 7.29. The largest absolute Gasteiger partial charge is 0.448 e. The van der Waals surface area contributed by atoms with Crippen molar-refractivity contribution < 1.29 is 9.21 Å². The Morgan fingerprint density at radius 2 is 2.00 bits per heavy atom. The van der Waals surface area contributed by atoms with Crippen LogP contribution in [-0.4, -0.2) is 60.8 Å². The minimum atomic E-state index is -0.104. The van der Waals surface area contributed by atoms with Crippen LogP contribution in [0.1, 0.15) is 40.8 Å². The number of hydrogen-bond acceptors (Lipinski definition) is 8. The standard InChI is InChI=1S/C22H23N7O2/c1-28-5-3-14(4-6-28)22-25-20(13-31-22)21(30)9-17-8-15-7-16(10-24-18(15)11-23-17)19-12-29(2)27-26-19/h7-8,10-14H,3-6,9H2,1-2H3. The topological polar surface area (TPSA) is 103 Å². The third-order valence-corrected chi connectivity index (χ3v) is 5.74. The molecule has 9 heteroatoms. The molecular formula is C22H23N7O2. The Kier molecular flexibility index (Phi) is 5.03. The van der Waals surface area contributed by atoms with Gasteiger partial charge in [0, 0.05) is 35.8 Å². The van der Waals surface area contributed by atoms with Gasteiger partial charge in [0.2, 0.25) is 0 Å². The maximum absolute atomic E-state index is 12.8. The molecule has 0 atom stereocenters. The number of hydrogen-bond donors (Lipinski definition) is 0. The van der Waals surface area contributed by atoms with Gasteiger partial charge in [-0.2, -0.15) is 0 Å². The van der Waals surface area contributed by atoms with Crippen LogP contribution in [0.25, 0.3) is 22.2 Å². The van der Waals surface area contributed by atoms with Gasteiger partial charge in [-0.05, 0) is 45.1 Å². The van der Waals surface area contributed by atoms with Crippen molar-refractivity contribution in [2.24, 2.45) is 7.05 Å². The first-order valence-electron chi connectivity index (χ1n) is 10.3. The SMILES string of the molecule is CN1CCC(c2nc(C(=O)Cc3cc4cc(-c5cn(C)nn5)cnc4cn3)co2)CC1. The van der Waals surface area contributed by atoms with Gasteiger partial charge in [-0.15, -0.1) is 5.10 Å². The molecule has 0 spiro atoms. The monoisotopic (exact) mass is 417 g/mol. The van der Waals surface area contributed by atoms with Crippen LogP contribution in [0.4, 0.5) is 0 Å². The van der Waals surface area contributed by atoms with E-state index in [9.17, 15) is 4.79 Å². The van der Waals surface area contributed by atoms with Crippen LogP contribution in [0, 0.1) is 0 Å². The van der Waals surface area contributed by atoms with Gasteiger partial charge in [-0.1, -0.05) is 5.21 Å². The van der Waals surface area contributed by atoms with Crippen LogP contribution >= 0.6 is 0 Å². The van der Waals surface area contributed by atoms with Gasteiger partial charge < -0.3 is 9.32 Å². The number of rotatable bonds is 5. The van der Waals surface area contributed by atoms with E-state index < -0.39 is 0 Å². The Labute approximate surface area is 179 Å². The van der Waals surface area contributed by atoms with E-state index in [4.69, 9.17) is 4.42 Å². The number of carbonyl (C=O) groups excluding carboxylic acids is 1. The van der Waals surface area contributed by atoms with E-state index in [1.54, 1.807) is 17.1 Å². The molecule has 158 valence electrons. The summed E-state index contributed by atoms with van der Waals surface area (Å²) in [4.78, 5) is 28.4. The van der Waals surface area contributed by atoms with E-state index >= 15 is 0 Å². The van der Waals surface area contributed by atoms with Crippen LogP contribution < -0.4 is 0 Å². The summed E-state index contributed by atoms with van der Waals surface area (Å²) in [6, 6.07) is 3.87. The first-order chi connectivity index (χ1) is 15.0. The predicted octanol–water partition coefficient (Wildman–Crippen LogP) is 2.65. The van der Waals surface area contributed by atoms with Crippen molar-refractivity contribution in [3.05, 3.63) is 54.3 Å². The quantitative estimate of drug-likeness (QED) is 0.457. The smallest absolute Gasteiger partial charge is 0.197 e. The van der Waals surface area contributed by atoms with Crippen molar-refractivity contribution in [3.8, 4) is 11.3 Å². The molecule has 1 aliphatic rings. The number of piperidine rings is 1. The van der Waals surface area contributed by atoms with Crippen molar-refractivity contribution in [3.63, 3.8) is 0 Å². The molecule has 4 aromatic heterocycles. The van der Waals surface area contributed by atoms with Crippen LogP contribution in [0.5, 0.6) is 0 Å². The van der Waals surface area contributed by atoms with Crippen LogP contribution in [0.15, 0.2) is 41.4 Å². The third-order valence-electron chi connectivity index (χ3n) is 5.74. The zero-order valence-electron chi connectivity index (χ0n) is 17.5. The van der Waals surface area contributed by atoms with E-state index in [0.717, 1.165) is 48.1 Å². The highest BCUT2D eigenvalue weighted by Crippen LogP contribution is 2.27. The van der Waals surface area contributed by atoms with Gasteiger partial charge in [-0.25, -0.2) is 4.98 Å². The molecule has 0 amide bonds. The van der Waals surface area contributed by atoms with Crippen molar-refractivity contribution in [2.75, 3.05) is 20.1 Å². The van der Waals surface area contributed by atoms with Crippen molar-refractivity contribution in [2.45, 2.75) is 25.2 Å². The number of nitrogens with zero attached hydrogens (tertiary/aromatic N) is 7. The van der Waals surface area contributed by atoms with Crippen LogP contribution in [-0.2, 0) is 13.5 Å². The molecule has 0 saturated carbocycles. The molecule has 5 heterocycles. The summed E-state index contributed by atoms with van der Waals surface area (Å²) in [6.07, 6.45) is 8.90. The zero-order valence-corrected chi connectivity index (χ0v) is 17.5. The number of fused-ring (bicyclic) bond motifs is 1. The maximum Gasteiger partial charge on any atom is 0.197 e. The molecule has 0 radical (unpaired) electrons. The summed E-state index contributed by atoms with van der Waals surface area (Å²) in [7, 11) is 3.93. The molecule has 31 heavy (non-hydrogen) atoms. The molecule has 5 rings (SSSR count). The average molecular weight is 417 g/mol. The van der Waals surface area contributed by atoms with Gasteiger partial charge in [0.05, 0.1) is 24.3 Å². The lowest BCUT2D eigenvalue weighted by molar-refractivity contribution is 0.0987. The zero-order chi connectivity index (χ0) is 21.4. The molecule has 0 unspecified atom stereocenters. The van der Waals surface area contributed by atoms with E-state index in [2.05, 4.69) is 37.2 Å². The highest BCUT2D eigenvalue weighted by molar-refractivity contribution is 5.95. The Morgan fingerprint density at radius 1 is 1.16 bits per heavy atom. The van der Waals surface area contributed by atoms with E-state index in [-0.39, 0.29) is 18.1 Å². The molecule has 1 fully saturated rings. The second-order valence-corrected chi connectivity index (χ2v) is 8.12. The maximum atomic E-state index is 12.8. The van der Waals surface area contributed by atoms with E-state index in [1.165, 1.54) is 6.26 Å². The number of pyridine rings is 2. The van der Waals surface area contributed by atoms with Gasteiger partial charge in [0.1, 0.15) is 17.7 Å². The lowest BCUT2D eigenvalue weighted by Crippen LogP contribution is -2.29. The summed E-state index contributed by atoms with van der Waals surface area (Å²) in [5.74, 6) is 0.843. The van der Waals surface area contributed by atoms with E-state index in [0.29, 0.717) is 17.3 Å². The lowest BCUT2D eigenvalue weighted by atomic mass is 9.97. The molecule has 9 nitrogen and oxygen atoms in total. The number of Topliss-reactive ketones (excluding diaryl/α,β-unsaturated/α-hetero) is 1. The summed E-state index contributed by atoms with van der Waals surface area (Å²) in [5.41, 5.74) is 3.40. The molecule has 0 aliphatic carbocycles. The van der Waals surface area contributed by atoms with Crippen LogP contribution in [0.3, 0.4) is 0 Å². The van der Waals surface area contributed by atoms with Gasteiger partial charge in [0.25, 0.3) is 0 Å². The highest BCUT2D eigenvalue weighted by Gasteiger charge is 2.24. The van der Waals surface area contributed by atoms with Gasteiger partial charge in [-0.3, -0.25) is 19.4 Å². The van der Waals surface area contributed by atoms with Crippen molar-refractivity contribution in [1.82, 2.24) is 34.8 Å². The molecule has 0 N–H and O–H groups in total. The Balaban J connectivity index is 1.33. The van der Waals surface area contributed by atoms with Gasteiger partial charge in [0.15, 0.2) is 11.7 Å². The summed E-state index contributed by atoms with van der Waals surface area (Å²) >= 11 is 0. The predicted molar refractivity (Wildman–Crippen MR) is 114 cm³/mol. The summed E-state index contributed by atoms with van der Waals surface area (Å²) in [6.45, 7) is 2.03. The highest BCUT2D eigenvalue weighted by atomic mass is 16.3. The molecule has 0 aromatic carbocycles. The fraction of sp³-hybridized carbons (Fsp3) is 0.364. The van der Waals surface area contributed by atoms with Crippen molar-refractivity contribution >= 4 is 16.7 Å². The fourth-order valence-electron chi connectivity index (χ4n) is 3.91. The van der Waals surface area contributed by atoms with Crippen LogP contribution in [0.2, 0.25) is 0 Å². The van der Waals surface area contributed by atoms with Gasteiger partial charge >= 0.3 is 0 Å². The Bertz CT molecular complexity index is 1240. The first kappa shape index (κ1) is 19.5.